The van der Waals surface area contributed by atoms with Crippen LogP contribution in [0, 0.1) is 15.9 Å². The molecule has 6 nitrogen and oxygen atoms in total. The van der Waals surface area contributed by atoms with Crippen LogP contribution in [0.3, 0.4) is 0 Å². The van der Waals surface area contributed by atoms with Gasteiger partial charge in [0.1, 0.15) is 11.6 Å². The Labute approximate surface area is 118 Å². The van der Waals surface area contributed by atoms with Crippen molar-refractivity contribution in [3.8, 4) is 17.2 Å². The minimum atomic E-state index is -0.588. The molecule has 0 radical (unpaired) electrons. The lowest BCUT2D eigenvalue weighted by molar-refractivity contribution is -0.384. The summed E-state index contributed by atoms with van der Waals surface area (Å²) >= 11 is 0. The maximum atomic E-state index is 13.1. The van der Waals surface area contributed by atoms with E-state index in [2.05, 4.69) is 0 Å². The zero-order valence-corrected chi connectivity index (χ0v) is 10.9. The lowest BCUT2D eigenvalue weighted by atomic mass is 10.2. The van der Waals surface area contributed by atoms with Crippen molar-refractivity contribution in [2.45, 2.75) is 0 Å². The topological polar surface area (TPSA) is 78.7 Å². The molecule has 0 aliphatic heterocycles. The molecule has 0 N–H and O–H groups in total. The Hall–Kier alpha value is -2.96. The molecule has 0 atom stereocenters. The van der Waals surface area contributed by atoms with Gasteiger partial charge in [-0.3, -0.25) is 14.9 Å². The number of nitro groups is 1. The van der Waals surface area contributed by atoms with E-state index in [1.165, 1.54) is 25.3 Å². The van der Waals surface area contributed by atoms with Gasteiger partial charge < -0.3 is 9.47 Å². The third-order valence-electron chi connectivity index (χ3n) is 2.68. The zero-order chi connectivity index (χ0) is 15.4. The minimum Gasteiger partial charge on any atom is -0.493 e. The molecule has 0 heterocycles. The summed E-state index contributed by atoms with van der Waals surface area (Å²) < 4.78 is 23.5. The van der Waals surface area contributed by atoms with Gasteiger partial charge in [-0.25, -0.2) is 4.39 Å². The number of carbonyl (C=O) groups is 1. The van der Waals surface area contributed by atoms with Crippen molar-refractivity contribution >= 4 is 12.0 Å². The molecule has 0 aromatic heterocycles. The summed E-state index contributed by atoms with van der Waals surface area (Å²) in [6, 6.07) is 7.18. The number of carbonyl (C=O) groups excluding carboxylic acids is 1. The van der Waals surface area contributed by atoms with Crippen LogP contribution in [0.25, 0.3) is 0 Å². The van der Waals surface area contributed by atoms with Gasteiger partial charge in [0.15, 0.2) is 17.8 Å². The van der Waals surface area contributed by atoms with Crippen molar-refractivity contribution in [2.24, 2.45) is 0 Å². The van der Waals surface area contributed by atoms with Crippen LogP contribution in [-0.4, -0.2) is 18.3 Å². The number of methoxy groups -OCH3 is 1. The van der Waals surface area contributed by atoms with Crippen LogP contribution in [0.4, 0.5) is 10.1 Å². The second-order valence-corrected chi connectivity index (χ2v) is 3.99. The van der Waals surface area contributed by atoms with Crippen LogP contribution in [0.2, 0.25) is 0 Å². The van der Waals surface area contributed by atoms with Crippen LogP contribution in [0.5, 0.6) is 17.2 Å². The third-order valence-corrected chi connectivity index (χ3v) is 2.68. The monoisotopic (exact) mass is 291 g/mol. The van der Waals surface area contributed by atoms with E-state index in [9.17, 15) is 19.3 Å². The molecule has 0 fully saturated rings. The molecule has 108 valence electrons. The first-order valence-corrected chi connectivity index (χ1v) is 5.80. The van der Waals surface area contributed by atoms with E-state index in [-0.39, 0.29) is 28.5 Å². The summed E-state index contributed by atoms with van der Waals surface area (Å²) in [7, 11) is 1.37. The highest BCUT2D eigenvalue weighted by molar-refractivity contribution is 5.79. The Balaban J connectivity index is 2.45. The fourth-order valence-corrected chi connectivity index (χ4v) is 1.68. The van der Waals surface area contributed by atoms with E-state index in [4.69, 9.17) is 9.47 Å². The van der Waals surface area contributed by atoms with Gasteiger partial charge in [-0.2, -0.15) is 0 Å². The van der Waals surface area contributed by atoms with Crippen molar-refractivity contribution < 1.29 is 23.6 Å². The highest BCUT2D eigenvalue weighted by Gasteiger charge is 2.15. The zero-order valence-electron chi connectivity index (χ0n) is 10.9. The standard InChI is InChI=1S/C14H10FNO5/c1-20-13-5-3-11(16(18)19)7-14(13)21-12-4-2-10(15)6-9(12)8-17/h2-8H,1H3. The number of nitrogens with zero attached hydrogens (tertiary/aromatic N) is 1. The number of ether oxygens (including phenoxy) is 2. The second-order valence-electron chi connectivity index (χ2n) is 3.99. The lowest BCUT2D eigenvalue weighted by Crippen LogP contribution is -1.96. The quantitative estimate of drug-likeness (QED) is 0.479. The molecule has 2 rings (SSSR count). The molecule has 0 spiro atoms. The Morgan fingerprint density at radius 1 is 1.14 bits per heavy atom. The van der Waals surface area contributed by atoms with Gasteiger partial charge in [-0.15, -0.1) is 0 Å². The number of hydrogen-bond acceptors (Lipinski definition) is 5. The first-order chi connectivity index (χ1) is 10.0. The Kier molecular flexibility index (Phi) is 4.13. The predicted octanol–water partition coefficient (Wildman–Crippen LogP) is 3.35. The van der Waals surface area contributed by atoms with Gasteiger partial charge >= 0.3 is 0 Å². The summed E-state index contributed by atoms with van der Waals surface area (Å²) in [4.78, 5) is 21.1. The summed E-state index contributed by atoms with van der Waals surface area (Å²) in [6.07, 6.45) is 0.433. The normalized spacial score (nSPS) is 10.0. The van der Waals surface area contributed by atoms with E-state index in [0.29, 0.717) is 6.29 Å². The van der Waals surface area contributed by atoms with E-state index in [1.807, 2.05) is 0 Å². The first kappa shape index (κ1) is 14.4. The molecule has 21 heavy (non-hydrogen) atoms. The van der Waals surface area contributed by atoms with E-state index >= 15 is 0 Å². The van der Waals surface area contributed by atoms with Crippen LogP contribution in [0.15, 0.2) is 36.4 Å². The maximum absolute atomic E-state index is 13.1. The van der Waals surface area contributed by atoms with Gasteiger partial charge in [0, 0.05) is 6.07 Å². The van der Waals surface area contributed by atoms with Crippen LogP contribution >= 0.6 is 0 Å². The van der Waals surface area contributed by atoms with Gasteiger partial charge in [0.2, 0.25) is 0 Å². The van der Waals surface area contributed by atoms with Crippen LogP contribution in [-0.2, 0) is 0 Å². The summed E-state index contributed by atoms with van der Waals surface area (Å²) in [5, 5.41) is 10.8. The Morgan fingerprint density at radius 2 is 1.86 bits per heavy atom. The predicted molar refractivity (Wildman–Crippen MR) is 71.5 cm³/mol. The fourth-order valence-electron chi connectivity index (χ4n) is 1.68. The first-order valence-electron chi connectivity index (χ1n) is 5.80. The summed E-state index contributed by atoms with van der Waals surface area (Å²) in [5.74, 6) is -0.205. The second kappa shape index (κ2) is 6.00. The summed E-state index contributed by atoms with van der Waals surface area (Å²) in [5.41, 5.74) is -0.205. The summed E-state index contributed by atoms with van der Waals surface area (Å²) in [6.45, 7) is 0. The molecule has 0 amide bonds. The molecule has 2 aromatic carbocycles. The van der Waals surface area contributed by atoms with Crippen LogP contribution in [0.1, 0.15) is 10.4 Å². The smallest absolute Gasteiger partial charge is 0.273 e. The maximum Gasteiger partial charge on any atom is 0.273 e. The van der Waals surface area contributed by atoms with Crippen molar-refractivity contribution in [1.82, 2.24) is 0 Å². The van der Waals surface area contributed by atoms with Gasteiger partial charge in [-0.1, -0.05) is 0 Å². The van der Waals surface area contributed by atoms with Crippen molar-refractivity contribution in [1.29, 1.82) is 0 Å². The van der Waals surface area contributed by atoms with Crippen molar-refractivity contribution in [3.63, 3.8) is 0 Å². The highest BCUT2D eigenvalue weighted by Crippen LogP contribution is 2.35. The molecule has 7 heteroatoms. The van der Waals surface area contributed by atoms with Crippen LogP contribution < -0.4 is 9.47 Å². The lowest BCUT2D eigenvalue weighted by Gasteiger charge is -2.11. The molecule has 0 bridgehead atoms. The van der Waals surface area contributed by atoms with Gasteiger partial charge in [-0.05, 0) is 24.3 Å². The van der Waals surface area contributed by atoms with E-state index in [0.717, 1.165) is 18.2 Å². The molecule has 0 aliphatic rings. The van der Waals surface area contributed by atoms with Crippen molar-refractivity contribution in [2.75, 3.05) is 7.11 Å². The van der Waals surface area contributed by atoms with E-state index in [1.54, 1.807) is 0 Å². The minimum absolute atomic E-state index is 0.0106. The Morgan fingerprint density at radius 3 is 2.48 bits per heavy atom. The largest absolute Gasteiger partial charge is 0.493 e. The number of halogens is 1. The third kappa shape index (κ3) is 3.14. The number of non-ortho nitro benzene ring substituents is 1. The molecule has 0 aliphatic carbocycles. The highest BCUT2D eigenvalue weighted by atomic mass is 19.1. The molecule has 2 aromatic rings. The number of aldehydes is 1. The van der Waals surface area contributed by atoms with Gasteiger partial charge in [0.05, 0.1) is 23.7 Å². The molecule has 0 saturated heterocycles. The van der Waals surface area contributed by atoms with Crippen molar-refractivity contribution in [3.05, 3.63) is 57.9 Å². The molecule has 0 unspecified atom stereocenters. The number of benzene rings is 2. The molecule has 0 saturated carbocycles. The van der Waals surface area contributed by atoms with E-state index < -0.39 is 10.7 Å². The van der Waals surface area contributed by atoms with Gasteiger partial charge in [0.25, 0.3) is 5.69 Å². The Bertz CT molecular complexity index is 702. The number of nitro benzene ring substituents is 1. The molecular formula is C14H10FNO5. The fraction of sp³-hybridized carbons (Fsp3) is 0.0714. The molecular weight excluding hydrogens is 281 g/mol. The average molecular weight is 291 g/mol. The number of hydrogen-bond donors (Lipinski definition) is 0. The SMILES string of the molecule is COc1ccc([N+](=O)[O-])cc1Oc1ccc(F)cc1C=O. The average Bonchev–Trinajstić information content (AvgIpc) is 2.48. The number of rotatable bonds is 5.